The highest BCUT2D eigenvalue weighted by Gasteiger charge is 2.65. The summed E-state index contributed by atoms with van der Waals surface area (Å²) in [6.45, 7) is 0.210. The SMILES string of the molecule is O=C(O)CCCCCN1C(=O)C2CC=C3C(CC4C(=O)C(c5ccccc5)=CC(=O)C4(c4ccccc4)C3c3ccc(OCCO)cc3)C2C1=O. The Morgan fingerprint density at radius 1 is 0.843 bits per heavy atom. The number of carbonyl (C=O) groups is 5. The van der Waals surface area contributed by atoms with E-state index in [2.05, 4.69) is 0 Å². The molecule has 3 aliphatic carbocycles. The average molecular weight is 688 g/mol. The molecule has 2 fully saturated rings. The van der Waals surface area contributed by atoms with Crippen LogP contribution in [0.25, 0.3) is 5.57 Å². The van der Waals surface area contributed by atoms with Crippen LogP contribution in [0.5, 0.6) is 5.75 Å². The molecular formula is C42H41NO8. The van der Waals surface area contributed by atoms with Gasteiger partial charge in [-0.3, -0.25) is 28.9 Å². The zero-order chi connectivity index (χ0) is 35.7. The van der Waals surface area contributed by atoms with E-state index in [0.717, 1.165) is 16.7 Å². The van der Waals surface area contributed by atoms with Crippen LogP contribution in [0, 0.1) is 23.7 Å². The number of imide groups is 1. The molecule has 0 bridgehead atoms. The van der Waals surface area contributed by atoms with Crippen LogP contribution >= 0.6 is 0 Å². The predicted octanol–water partition coefficient (Wildman–Crippen LogP) is 5.53. The van der Waals surface area contributed by atoms with Crippen molar-refractivity contribution >= 4 is 34.9 Å². The zero-order valence-corrected chi connectivity index (χ0v) is 28.3. The molecule has 2 N–H and O–H groups in total. The number of amides is 2. The van der Waals surface area contributed by atoms with Gasteiger partial charge in [0, 0.05) is 30.4 Å². The Labute approximate surface area is 296 Å². The van der Waals surface area contributed by atoms with Gasteiger partial charge < -0.3 is 14.9 Å². The van der Waals surface area contributed by atoms with Crippen molar-refractivity contribution in [2.75, 3.05) is 19.8 Å². The molecule has 6 atom stereocenters. The van der Waals surface area contributed by atoms with E-state index in [-0.39, 0.29) is 56.0 Å². The molecule has 9 nitrogen and oxygen atoms in total. The molecule has 3 aromatic rings. The number of aliphatic carboxylic acids is 1. The van der Waals surface area contributed by atoms with Crippen LogP contribution in [0.4, 0.5) is 0 Å². The molecule has 0 radical (unpaired) electrons. The molecule has 4 aliphatic rings. The summed E-state index contributed by atoms with van der Waals surface area (Å²) in [6, 6.07) is 26.0. The van der Waals surface area contributed by atoms with Crippen molar-refractivity contribution in [3.8, 4) is 5.75 Å². The molecule has 3 aromatic carbocycles. The molecule has 2 amide bonds. The summed E-state index contributed by atoms with van der Waals surface area (Å²) in [5, 5.41) is 18.3. The van der Waals surface area contributed by atoms with Gasteiger partial charge >= 0.3 is 5.97 Å². The number of rotatable bonds is 12. The van der Waals surface area contributed by atoms with E-state index in [0.29, 0.717) is 42.6 Å². The zero-order valence-electron chi connectivity index (χ0n) is 28.3. The summed E-state index contributed by atoms with van der Waals surface area (Å²) < 4.78 is 5.66. The Morgan fingerprint density at radius 2 is 1.55 bits per heavy atom. The molecule has 7 rings (SSSR count). The van der Waals surface area contributed by atoms with Crippen molar-refractivity contribution in [1.82, 2.24) is 4.90 Å². The van der Waals surface area contributed by atoms with E-state index >= 15 is 4.79 Å². The molecule has 51 heavy (non-hydrogen) atoms. The fraction of sp³-hybridized carbons (Fsp3) is 0.357. The van der Waals surface area contributed by atoms with Crippen LogP contribution in [-0.2, 0) is 29.4 Å². The number of likely N-dealkylation sites (tertiary alicyclic amines) is 1. The predicted molar refractivity (Wildman–Crippen MR) is 188 cm³/mol. The van der Waals surface area contributed by atoms with Crippen LogP contribution in [0.2, 0.25) is 0 Å². The van der Waals surface area contributed by atoms with Crippen molar-refractivity contribution in [1.29, 1.82) is 0 Å². The maximum absolute atomic E-state index is 15.1. The second-order valence-corrected chi connectivity index (χ2v) is 14.0. The van der Waals surface area contributed by atoms with Crippen LogP contribution in [0.15, 0.2) is 103 Å². The van der Waals surface area contributed by atoms with Crippen LogP contribution in [0.3, 0.4) is 0 Å². The molecule has 9 heteroatoms. The molecule has 0 spiro atoms. The fourth-order valence-corrected chi connectivity index (χ4v) is 9.18. The number of aliphatic hydroxyl groups excluding tert-OH is 1. The highest BCUT2D eigenvalue weighted by Crippen LogP contribution is 2.63. The van der Waals surface area contributed by atoms with Crippen molar-refractivity contribution in [3.63, 3.8) is 0 Å². The van der Waals surface area contributed by atoms with E-state index in [1.54, 1.807) is 12.1 Å². The number of Topliss-reactive ketones (excluding diaryl/α,β-unsaturated/α-hetero) is 1. The number of ketones is 2. The fourth-order valence-electron chi connectivity index (χ4n) is 9.18. The number of hydrogen-bond acceptors (Lipinski definition) is 7. The number of ether oxygens (including phenoxy) is 1. The Balaban J connectivity index is 1.35. The maximum atomic E-state index is 15.1. The third-order valence-electron chi connectivity index (χ3n) is 11.3. The Bertz CT molecular complexity index is 1900. The summed E-state index contributed by atoms with van der Waals surface area (Å²) in [6.07, 6.45) is 5.73. The lowest BCUT2D eigenvalue weighted by Gasteiger charge is -2.55. The summed E-state index contributed by atoms with van der Waals surface area (Å²) in [5.41, 5.74) is 2.10. The summed E-state index contributed by atoms with van der Waals surface area (Å²) in [4.78, 5) is 70.5. The van der Waals surface area contributed by atoms with Crippen LogP contribution < -0.4 is 4.74 Å². The molecule has 1 saturated heterocycles. The minimum atomic E-state index is -1.31. The van der Waals surface area contributed by atoms with E-state index in [9.17, 15) is 24.3 Å². The highest BCUT2D eigenvalue weighted by atomic mass is 16.5. The van der Waals surface area contributed by atoms with Gasteiger partial charge in [0.2, 0.25) is 11.8 Å². The lowest BCUT2D eigenvalue weighted by molar-refractivity contribution is -0.141. The third-order valence-corrected chi connectivity index (χ3v) is 11.3. The number of benzene rings is 3. The Morgan fingerprint density at radius 3 is 2.24 bits per heavy atom. The minimum Gasteiger partial charge on any atom is -0.491 e. The van der Waals surface area contributed by atoms with E-state index in [1.807, 2.05) is 78.9 Å². The van der Waals surface area contributed by atoms with E-state index in [4.69, 9.17) is 9.84 Å². The topological polar surface area (TPSA) is 138 Å². The number of allylic oxidation sites excluding steroid dienone is 4. The van der Waals surface area contributed by atoms with Gasteiger partial charge in [-0.25, -0.2) is 0 Å². The number of nitrogens with zero attached hydrogens (tertiary/aromatic N) is 1. The molecule has 262 valence electrons. The van der Waals surface area contributed by atoms with Crippen molar-refractivity contribution in [3.05, 3.63) is 119 Å². The van der Waals surface area contributed by atoms with Gasteiger partial charge in [0.25, 0.3) is 0 Å². The Hall–Kier alpha value is -5.15. The van der Waals surface area contributed by atoms with Gasteiger partial charge in [-0.15, -0.1) is 0 Å². The molecule has 0 aromatic heterocycles. The molecule has 1 saturated carbocycles. The number of carboxylic acid groups (broad SMARTS) is 1. The number of fused-ring (bicyclic) bond motifs is 4. The first kappa shape index (κ1) is 34.3. The number of carboxylic acids is 1. The third kappa shape index (κ3) is 5.93. The van der Waals surface area contributed by atoms with Crippen molar-refractivity contribution in [2.45, 2.75) is 49.9 Å². The average Bonchev–Trinajstić information content (AvgIpc) is 3.40. The molecule has 1 heterocycles. The first-order valence-electron chi connectivity index (χ1n) is 17.8. The van der Waals surface area contributed by atoms with Gasteiger partial charge in [-0.1, -0.05) is 90.9 Å². The number of unbranched alkanes of at least 4 members (excludes halogenated alkanes) is 2. The first-order chi connectivity index (χ1) is 24.8. The van der Waals surface area contributed by atoms with Gasteiger partial charge in [0.15, 0.2) is 11.6 Å². The standard InChI is InChI=1S/C42H41NO8/c44-22-23-51-29-17-15-27(16-18-29)38-30-19-20-31-37(41(50)43(40(31)49)21-9-3-8-14-36(46)47)33(30)24-34-39(48)32(26-10-4-1-5-11-26)25-35(45)42(34,38)28-12-6-2-7-13-28/h1-2,4-7,10-13,15-19,25,31,33-34,37-38,44H,3,8-9,14,20-24H2,(H,46,47). The van der Waals surface area contributed by atoms with E-state index < -0.39 is 41.0 Å². The maximum Gasteiger partial charge on any atom is 0.303 e. The van der Waals surface area contributed by atoms with Crippen molar-refractivity contribution in [2.24, 2.45) is 23.7 Å². The van der Waals surface area contributed by atoms with Gasteiger partial charge in [0.05, 0.1) is 23.9 Å². The quantitative estimate of drug-likeness (QED) is 0.144. The first-order valence-corrected chi connectivity index (χ1v) is 17.8. The second-order valence-electron chi connectivity index (χ2n) is 14.0. The van der Waals surface area contributed by atoms with Gasteiger partial charge in [0.1, 0.15) is 12.4 Å². The monoisotopic (exact) mass is 687 g/mol. The normalized spacial score (nSPS) is 26.9. The van der Waals surface area contributed by atoms with Crippen LogP contribution in [0.1, 0.15) is 61.1 Å². The highest BCUT2D eigenvalue weighted by molar-refractivity contribution is 6.31. The second kappa shape index (κ2) is 14.2. The summed E-state index contributed by atoms with van der Waals surface area (Å²) >= 11 is 0. The summed E-state index contributed by atoms with van der Waals surface area (Å²) in [5.74, 6) is -4.28. The molecule has 1 aliphatic heterocycles. The number of hydrogen-bond donors (Lipinski definition) is 2. The van der Waals surface area contributed by atoms with E-state index in [1.165, 1.54) is 11.0 Å². The van der Waals surface area contributed by atoms with Crippen LogP contribution in [-0.4, -0.2) is 64.2 Å². The number of aliphatic hydroxyl groups is 1. The van der Waals surface area contributed by atoms with Crippen molar-refractivity contribution < 1.29 is 38.9 Å². The van der Waals surface area contributed by atoms with Gasteiger partial charge in [-0.05, 0) is 66.5 Å². The largest absolute Gasteiger partial charge is 0.491 e. The lowest BCUT2D eigenvalue weighted by Crippen LogP contribution is -2.58. The Kier molecular flexibility index (Phi) is 9.57. The smallest absolute Gasteiger partial charge is 0.303 e. The lowest BCUT2D eigenvalue weighted by atomic mass is 9.44. The minimum absolute atomic E-state index is 0.0368. The number of carbonyl (C=O) groups excluding carboxylic acids is 4. The summed E-state index contributed by atoms with van der Waals surface area (Å²) in [7, 11) is 0. The van der Waals surface area contributed by atoms with Gasteiger partial charge in [-0.2, -0.15) is 0 Å². The molecule has 6 unspecified atom stereocenters. The molecular weight excluding hydrogens is 646 g/mol.